The fraction of sp³-hybridized carbons (Fsp3) is 0.316. The van der Waals surface area contributed by atoms with Crippen LogP contribution in [0.15, 0.2) is 47.4 Å². The van der Waals surface area contributed by atoms with Crippen LogP contribution in [0.2, 0.25) is 0 Å². The molecule has 0 unspecified atom stereocenters. The minimum Gasteiger partial charge on any atom is -0.476 e. The van der Waals surface area contributed by atoms with E-state index in [0.29, 0.717) is 17.1 Å². The van der Waals surface area contributed by atoms with Gasteiger partial charge in [0, 0.05) is 4.90 Å². The van der Waals surface area contributed by atoms with E-state index in [9.17, 15) is 13.2 Å². The van der Waals surface area contributed by atoms with Crippen LogP contribution >= 0.6 is 11.8 Å². The first-order valence-electron chi connectivity index (χ1n) is 8.57. The summed E-state index contributed by atoms with van der Waals surface area (Å²) in [5.41, 5.74) is 2.07. The molecular formula is C19H22N2O4S2. The number of carbonyl (C=O) groups is 1. The van der Waals surface area contributed by atoms with Gasteiger partial charge in [0.15, 0.2) is 6.10 Å². The number of anilines is 2. The smallest absolute Gasteiger partial charge is 0.267 e. The van der Waals surface area contributed by atoms with Crippen molar-refractivity contribution in [1.82, 2.24) is 0 Å². The Morgan fingerprint density at radius 3 is 2.74 bits per heavy atom. The number of amides is 1. The molecule has 1 aliphatic rings. The van der Waals surface area contributed by atoms with Crippen LogP contribution in [0.5, 0.6) is 5.75 Å². The number of carbonyl (C=O) groups excluding carboxylic acids is 1. The summed E-state index contributed by atoms with van der Waals surface area (Å²) >= 11 is 1.62. The molecule has 3 rings (SSSR count). The second-order valence-corrected chi connectivity index (χ2v) is 9.50. The highest BCUT2D eigenvalue weighted by molar-refractivity contribution is 7.99. The van der Waals surface area contributed by atoms with Crippen molar-refractivity contribution in [1.29, 1.82) is 0 Å². The molecule has 2 aromatic carbocycles. The molecule has 27 heavy (non-hydrogen) atoms. The molecule has 144 valence electrons. The van der Waals surface area contributed by atoms with E-state index in [0.717, 1.165) is 22.5 Å². The van der Waals surface area contributed by atoms with Crippen LogP contribution in [0.4, 0.5) is 11.4 Å². The van der Waals surface area contributed by atoms with Crippen molar-refractivity contribution in [2.75, 3.05) is 28.2 Å². The quantitative estimate of drug-likeness (QED) is 0.772. The molecule has 0 saturated carbocycles. The number of thioether (sulfide) groups is 1. The van der Waals surface area contributed by atoms with Gasteiger partial charge in [0.1, 0.15) is 5.75 Å². The maximum atomic E-state index is 12.8. The highest BCUT2D eigenvalue weighted by atomic mass is 32.2. The molecule has 0 saturated heterocycles. The van der Waals surface area contributed by atoms with Crippen molar-refractivity contribution in [3.63, 3.8) is 0 Å². The molecule has 1 heterocycles. The van der Waals surface area contributed by atoms with Crippen molar-refractivity contribution in [3.05, 3.63) is 48.0 Å². The summed E-state index contributed by atoms with van der Waals surface area (Å²) in [6, 6.07) is 12.8. The number of sulfonamides is 1. The fourth-order valence-electron chi connectivity index (χ4n) is 2.88. The Balaban J connectivity index is 1.88. The molecule has 8 heteroatoms. The first-order valence-corrected chi connectivity index (χ1v) is 11.4. The summed E-state index contributed by atoms with van der Waals surface area (Å²) in [6.45, 7) is 3.85. The number of nitrogens with one attached hydrogen (secondary N) is 1. The van der Waals surface area contributed by atoms with E-state index in [1.165, 1.54) is 4.31 Å². The molecule has 1 atom stereocenters. The summed E-state index contributed by atoms with van der Waals surface area (Å²) < 4.78 is 31.6. The monoisotopic (exact) mass is 406 g/mol. The standard InChI is InChI=1S/C19H22N2O4S2/c1-4-26-18-8-6-5-7-14(18)20-19(22)17-12-21(27(3,23)24)15-11-13(2)9-10-16(15)25-17/h5-11,17H,4,12H2,1-3H3,(H,20,22)/t17-/m1/s1. The Kier molecular flexibility index (Phi) is 5.67. The van der Waals surface area contributed by atoms with Gasteiger partial charge in [0.2, 0.25) is 10.0 Å². The van der Waals surface area contributed by atoms with Crippen LogP contribution in [0.25, 0.3) is 0 Å². The summed E-state index contributed by atoms with van der Waals surface area (Å²) in [5, 5.41) is 2.87. The molecule has 0 aliphatic carbocycles. The van der Waals surface area contributed by atoms with Crippen molar-refractivity contribution in [2.45, 2.75) is 24.8 Å². The second kappa shape index (κ2) is 7.82. The minimum atomic E-state index is -3.54. The predicted molar refractivity (Wildman–Crippen MR) is 109 cm³/mol. The van der Waals surface area contributed by atoms with Crippen LogP contribution in [-0.2, 0) is 14.8 Å². The molecule has 1 aliphatic heterocycles. The topological polar surface area (TPSA) is 75.7 Å². The molecular weight excluding hydrogens is 384 g/mol. The van der Waals surface area contributed by atoms with Crippen LogP contribution in [0.3, 0.4) is 0 Å². The largest absolute Gasteiger partial charge is 0.476 e. The lowest BCUT2D eigenvalue weighted by atomic mass is 10.1. The van der Waals surface area contributed by atoms with E-state index in [4.69, 9.17) is 4.74 Å². The average Bonchev–Trinajstić information content (AvgIpc) is 2.61. The summed E-state index contributed by atoms with van der Waals surface area (Å²) in [4.78, 5) is 13.8. The fourth-order valence-corrected chi connectivity index (χ4v) is 4.54. The molecule has 0 aromatic heterocycles. The lowest BCUT2D eigenvalue weighted by Gasteiger charge is -2.34. The normalized spacial score (nSPS) is 16.4. The van der Waals surface area contributed by atoms with E-state index in [-0.39, 0.29) is 12.5 Å². The van der Waals surface area contributed by atoms with Crippen LogP contribution in [0, 0.1) is 6.92 Å². The van der Waals surface area contributed by atoms with Gasteiger partial charge >= 0.3 is 0 Å². The van der Waals surface area contributed by atoms with Crippen LogP contribution in [-0.4, -0.2) is 39.0 Å². The number of hydrogen-bond acceptors (Lipinski definition) is 5. The summed E-state index contributed by atoms with van der Waals surface area (Å²) in [5.74, 6) is 0.883. The zero-order valence-electron chi connectivity index (χ0n) is 15.4. The molecule has 1 N–H and O–H groups in total. The van der Waals surface area contributed by atoms with Gasteiger partial charge in [0.25, 0.3) is 5.91 Å². The molecule has 2 aromatic rings. The molecule has 0 fully saturated rings. The number of benzene rings is 2. The minimum absolute atomic E-state index is 0.0653. The lowest BCUT2D eigenvalue weighted by molar-refractivity contribution is -0.122. The van der Waals surface area contributed by atoms with Crippen molar-refractivity contribution in [3.8, 4) is 5.75 Å². The Hall–Kier alpha value is -2.19. The van der Waals surface area contributed by atoms with E-state index in [2.05, 4.69) is 5.32 Å². The number of para-hydroxylation sites is 1. The van der Waals surface area contributed by atoms with Gasteiger partial charge in [-0.2, -0.15) is 0 Å². The third kappa shape index (κ3) is 4.39. The van der Waals surface area contributed by atoms with Gasteiger partial charge in [0.05, 0.1) is 24.2 Å². The molecule has 0 bridgehead atoms. The van der Waals surface area contributed by atoms with Gasteiger partial charge < -0.3 is 10.1 Å². The van der Waals surface area contributed by atoms with Gasteiger partial charge in [-0.25, -0.2) is 8.42 Å². The SMILES string of the molecule is CCSc1ccccc1NC(=O)[C@H]1CN(S(C)(=O)=O)c2cc(C)ccc2O1. The first kappa shape index (κ1) is 19.6. The maximum Gasteiger partial charge on any atom is 0.267 e. The van der Waals surface area contributed by atoms with Crippen LogP contribution in [0.1, 0.15) is 12.5 Å². The first-order chi connectivity index (χ1) is 12.8. The molecule has 1 amide bonds. The number of ether oxygens (including phenoxy) is 1. The van der Waals surface area contributed by atoms with E-state index in [1.54, 1.807) is 23.9 Å². The Morgan fingerprint density at radius 1 is 1.30 bits per heavy atom. The van der Waals surface area contributed by atoms with Crippen molar-refractivity contribution in [2.24, 2.45) is 0 Å². The number of aryl methyl sites for hydroxylation is 1. The number of hydrogen-bond donors (Lipinski definition) is 1. The average molecular weight is 407 g/mol. The van der Waals surface area contributed by atoms with E-state index >= 15 is 0 Å². The Labute approximate surface area is 164 Å². The van der Waals surface area contributed by atoms with Gasteiger partial charge in [-0.1, -0.05) is 25.1 Å². The highest BCUT2D eigenvalue weighted by Gasteiger charge is 2.35. The number of nitrogens with zero attached hydrogens (tertiary/aromatic N) is 1. The zero-order chi connectivity index (χ0) is 19.6. The zero-order valence-corrected chi connectivity index (χ0v) is 17.1. The molecule has 0 spiro atoms. The predicted octanol–water partition coefficient (Wildman–Crippen LogP) is 3.27. The highest BCUT2D eigenvalue weighted by Crippen LogP contribution is 2.36. The third-order valence-corrected chi connectivity index (χ3v) is 6.22. The molecule has 6 nitrogen and oxygen atoms in total. The second-order valence-electron chi connectivity index (χ2n) is 6.29. The van der Waals surface area contributed by atoms with Gasteiger partial charge in [-0.05, 0) is 42.5 Å². The van der Waals surface area contributed by atoms with Gasteiger partial charge in [-0.3, -0.25) is 9.10 Å². The molecule has 0 radical (unpaired) electrons. The third-order valence-electron chi connectivity index (χ3n) is 4.12. The lowest BCUT2D eigenvalue weighted by Crippen LogP contribution is -2.48. The maximum absolute atomic E-state index is 12.8. The van der Waals surface area contributed by atoms with Crippen LogP contribution < -0.4 is 14.4 Å². The number of fused-ring (bicyclic) bond motifs is 1. The number of rotatable bonds is 5. The van der Waals surface area contributed by atoms with Crippen molar-refractivity contribution >= 4 is 39.1 Å². The summed E-state index contributed by atoms with van der Waals surface area (Å²) in [7, 11) is -3.54. The van der Waals surface area contributed by atoms with Gasteiger partial charge in [-0.15, -0.1) is 11.8 Å². The van der Waals surface area contributed by atoms with E-state index in [1.807, 2.05) is 44.2 Å². The summed E-state index contributed by atoms with van der Waals surface area (Å²) in [6.07, 6.45) is 0.196. The Morgan fingerprint density at radius 2 is 2.04 bits per heavy atom. The van der Waals surface area contributed by atoms with Crippen molar-refractivity contribution < 1.29 is 17.9 Å². The van der Waals surface area contributed by atoms with E-state index < -0.39 is 16.1 Å². The Bertz CT molecular complexity index is 960.